The monoisotopic (exact) mass is 285 g/mol. The molecule has 5 heteroatoms. The molecule has 0 bridgehead atoms. The number of benzene rings is 1. The first-order chi connectivity index (χ1) is 9.66. The molecule has 0 unspecified atom stereocenters. The Hall–Kier alpha value is -2.20. The van der Waals surface area contributed by atoms with Crippen LogP contribution >= 0.6 is 11.6 Å². The molecule has 0 saturated carbocycles. The molecular weight excluding hydrogens is 274 g/mol. The number of rotatable bonds is 2. The SMILES string of the molecule is Cc1ccc2ncn(Cc3cccnc3)c(=O)c2c1Cl. The summed E-state index contributed by atoms with van der Waals surface area (Å²) in [5.74, 6) is 0. The fraction of sp³-hybridized carbons (Fsp3) is 0.133. The van der Waals surface area contributed by atoms with Crippen LogP contribution in [0.25, 0.3) is 10.9 Å². The van der Waals surface area contributed by atoms with Crippen molar-refractivity contribution in [2.45, 2.75) is 13.5 Å². The molecule has 0 aliphatic heterocycles. The number of fused-ring (bicyclic) bond motifs is 1. The molecule has 2 heterocycles. The van der Waals surface area contributed by atoms with E-state index in [4.69, 9.17) is 11.6 Å². The van der Waals surface area contributed by atoms with E-state index in [0.29, 0.717) is 22.5 Å². The van der Waals surface area contributed by atoms with E-state index in [2.05, 4.69) is 9.97 Å². The minimum Gasteiger partial charge on any atom is -0.294 e. The first kappa shape index (κ1) is 12.8. The molecule has 0 radical (unpaired) electrons. The highest BCUT2D eigenvalue weighted by atomic mass is 35.5. The van der Waals surface area contributed by atoms with Gasteiger partial charge >= 0.3 is 0 Å². The van der Waals surface area contributed by atoms with Crippen LogP contribution in [0.5, 0.6) is 0 Å². The number of pyridine rings is 1. The maximum Gasteiger partial charge on any atom is 0.263 e. The number of aromatic nitrogens is 3. The van der Waals surface area contributed by atoms with Gasteiger partial charge in [-0.2, -0.15) is 0 Å². The third-order valence-corrected chi connectivity index (χ3v) is 3.69. The molecule has 1 aromatic carbocycles. The quantitative estimate of drug-likeness (QED) is 0.727. The Kier molecular flexibility index (Phi) is 3.24. The van der Waals surface area contributed by atoms with Gasteiger partial charge in [0.2, 0.25) is 0 Å². The topological polar surface area (TPSA) is 47.8 Å². The summed E-state index contributed by atoms with van der Waals surface area (Å²) in [5, 5.41) is 0.943. The first-order valence-electron chi connectivity index (χ1n) is 6.20. The molecule has 0 atom stereocenters. The summed E-state index contributed by atoms with van der Waals surface area (Å²) in [5.41, 5.74) is 2.30. The molecular formula is C15H12ClN3O. The average Bonchev–Trinajstić information content (AvgIpc) is 2.47. The van der Waals surface area contributed by atoms with Gasteiger partial charge in [0.05, 0.1) is 28.8 Å². The summed E-state index contributed by atoms with van der Waals surface area (Å²) < 4.78 is 1.55. The Morgan fingerprint density at radius 2 is 2.15 bits per heavy atom. The predicted molar refractivity (Wildman–Crippen MR) is 79.1 cm³/mol. The summed E-state index contributed by atoms with van der Waals surface area (Å²) in [6.07, 6.45) is 4.98. The Morgan fingerprint density at radius 3 is 2.90 bits per heavy atom. The molecule has 0 amide bonds. The van der Waals surface area contributed by atoms with Crippen molar-refractivity contribution in [3.8, 4) is 0 Å². The lowest BCUT2D eigenvalue weighted by atomic mass is 10.1. The zero-order chi connectivity index (χ0) is 14.1. The summed E-state index contributed by atoms with van der Waals surface area (Å²) in [6.45, 7) is 2.31. The van der Waals surface area contributed by atoms with Crippen molar-refractivity contribution >= 4 is 22.5 Å². The van der Waals surface area contributed by atoms with Gasteiger partial charge in [-0.3, -0.25) is 14.3 Å². The van der Waals surface area contributed by atoms with E-state index >= 15 is 0 Å². The van der Waals surface area contributed by atoms with Crippen molar-refractivity contribution in [1.29, 1.82) is 0 Å². The van der Waals surface area contributed by atoms with E-state index in [0.717, 1.165) is 11.1 Å². The highest BCUT2D eigenvalue weighted by Gasteiger charge is 2.10. The molecule has 0 aliphatic rings. The van der Waals surface area contributed by atoms with Gasteiger partial charge in [0.25, 0.3) is 5.56 Å². The Morgan fingerprint density at radius 1 is 1.30 bits per heavy atom. The van der Waals surface area contributed by atoms with Crippen molar-refractivity contribution < 1.29 is 0 Å². The summed E-state index contributed by atoms with van der Waals surface area (Å²) in [4.78, 5) is 20.9. The van der Waals surface area contributed by atoms with Gasteiger partial charge in [0.15, 0.2) is 0 Å². The summed E-state index contributed by atoms with van der Waals surface area (Å²) in [7, 11) is 0. The number of hydrogen-bond donors (Lipinski definition) is 0. The molecule has 0 aliphatic carbocycles. The molecule has 3 aromatic rings. The van der Waals surface area contributed by atoms with Gasteiger partial charge in [-0.25, -0.2) is 4.98 Å². The van der Waals surface area contributed by atoms with E-state index in [-0.39, 0.29) is 5.56 Å². The second-order valence-corrected chi connectivity index (χ2v) is 5.01. The second kappa shape index (κ2) is 5.06. The Labute approximate surface area is 120 Å². The zero-order valence-corrected chi connectivity index (χ0v) is 11.6. The maximum atomic E-state index is 12.5. The molecule has 4 nitrogen and oxygen atoms in total. The van der Waals surface area contributed by atoms with Crippen molar-refractivity contribution in [1.82, 2.24) is 14.5 Å². The predicted octanol–water partition coefficient (Wildman–Crippen LogP) is 2.80. The maximum absolute atomic E-state index is 12.5. The Bertz CT molecular complexity index is 828. The lowest BCUT2D eigenvalue weighted by Crippen LogP contribution is -2.21. The lowest BCUT2D eigenvalue weighted by molar-refractivity contribution is 0.745. The number of halogens is 1. The fourth-order valence-electron chi connectivity index (χ4n) is 2.11. The van der Waals surface area contributed by atoms with E-state index in [1.54, 1.807) is 23.3 Å². The average molecular weight is 286 g/mol. The van der Waals surface area contributed by atoms with Crippen LogP contribution in [0.3, 0.4) is 0 Å². The van der Waals surface area contributed by atoms with Crippen LogP contribution in [-0.2, 0) is 6.54 Å². The molecule has 0 saturated heterocycles. The first-order valence-corrected chi connectivity index (χ1v) is 6.58. The van der Waals surface area contributed by atoms with Crippen LogP contribution in [0.4, 0.5) is 0 Å². The molecule has 20 heavy (non-hydrogen) atoms. The fourth-order valence-corrected chi connectivity index (χ4v) is 2.35. The number of aryl methyl sites for hydroxylation is 1. The van der Waals surface area contributed by atoms with Gasteiger partial charge in [0.1, 0.15) is 0 Å². The van der Waals surface area contributed by atoms with E-state index in [1.807, 2.05) is 31.2 Å². The lowest BCUT2D eigenvalue weighted by Gasteiger charge is -2.08. The van der Waals surface area contributed by atoms with Gasteiger partial charge in [-0.15, -0.1) is 0 Å². The van der Waals surface area contributed by atoms with Crippen molar-refractivity contribution in [3.63, 3.8) is 0 Å². The minimum atomic E-state index is -0.132. The van der Waals surface area contributed by atoms with E-state index < -0.39 is 0 Å². The van der Waals surface area contributed by atoms with Gasteiger partial charge < -0.3 is 0 Å². The molecule has 2 aromatic heterocycles. The number of hydrogen-bond acceptors (Lipinski definition) is 3. The molecule has 100 valence electrons. The molecule has 0 fully saturated rings. The van der Waals surface area contributed by atoms with Gasteiger partial charge in [-0.1, -0.05) is 23.7 Å². The van der Waals surface area contributed by atoms with Gasteiger partial charge in [0, 0.05) is 12.4 Å². The third kappa shape index (κ3) is 2.18. The van der Waals surface area contributed by atoms with Crippen LogP contribution < -0.4 is 5.56 Å². The minimum absolute atomic E-state index is 0.132. The van der Waals surface area contributed by atoms with Crippen LogP contribution in [0.2, 0.25) is 5.02 Å². The largest absolute Gasteiger partial charge is 0.294 e. The van der Waals surface area contributed by atoms with E-state index in [9.17, 15) is 4.79 Å². The molecule has 0 N–H and O–H groups in total. The zero-order valence-electron chi connectivity index (χ0n) is 10.9. The van der Waals surface area contributed by atoms with Crippen LogP contribution in [0.1, 0.15) is 11.1 Å². The third-order valence-electron chi connectivity index (χ3n) is 3.20. The van der Waals surface area contributed by atoms with E-state index in [1.165, 1.54) is 0 Å². The van der Waals surface area contributed by atoms with Gasteiger partial charge in [-0.05, 0) is 30.2 Å². The smallest absolute Gasteiger partial charge is 0.263 e. The van der Waals surface area contributed by atoms with Crippen LogP contribution in [-0.4, -0.2) is 14.5 Å². The molecule has 3 rings (SSSR count). The highest BCUT2D eigenvalue weighted by Crippen LogP contribution is 2.22. The van der Waals surface area contributed by atoms with Crippen LogP contribution in [0, 0.1) is 6.92 Å². The van der Waals surface area contributed by atoms with Crippen molar-refractivity contribution in [2.24, 2.45) is 0 Å². The summed E-state index contributed by atoms with van der Waals surface area (Å²) >= 11 is 6.24. The van der Waals surface area contributed by atoms with Crippen LogP contribution in [0.15, 0.2) is 47.8 Å². The van der Waals surface area contributed by atoms with Crippen molar-refractivity contribution in [2.75, 3.05) is 0 Å². The number of nitrogens with zero attached hydrogens (tertiary/aromatic N) is 3. The normalized spacial score (nSPS) is 10.9. The summed E-state index contributed by atoms with van der Waals surface area (Å²) in [6, 6.07) is 7.43. The standard InChI is InChI=1S/C15H12ClN3O/c1-10-4-5-12-13(14(10)16)15(20)19(9-18-12)8-11-3-2-6-17-7-11/h2-7,9H,8H2,1H3. The molecule has 0 spiro atoms. The Balaban J connectivity index is 2.16. The highest BCUT2D eigenvalue weighted by molar-refractivity contribution is 6.36. The second-order valence-electron chi connectivity index (χ2n) is 4.63. The van der Waals surface area contributed by atoms with Crippen molar-refractivity contribution in [3.05, 3.63) is 69.5 Å².